The van der Waals surface area contributed by atoms with Crippen LogP contribution in [0.25, 0.3) is 0 Å². The van der Waals surface area contributed by atoms with Crippen LogP contribution in [0.1, 0.15) is 67.3 Å². The number of alkyl carbamates (subject to hydrolysis) is 1. The summed E-state index contributed by atoms with van der Waals surface area (Å²) in [6, 6.07) is 27.1. The number of thioether (sulfide) groups is 1. The van der Waals surface area contributed by atoms with Crippen molar-refractivity contribution >= 4 is 65.2 Å². The molecule has 1 N–H and O–H groups in total. The highest BCUT2D eigenvalue weighted by Gasteiger charge is 2.57. The van der Waals surface area contributed by atoms with E-state index in [2.05, 4.69) is 5.32 Å². The van der Waals surface area contributed by atoms with Gasteiger partial charge in [-0.1, -0.05) is 72.4 Å². The van der Waals surface area contributed by atoms with E-state index in [1.807, 2.05) is 12.1 Å². The van der Waals surface area contributed by atoms with Gasteiger partial charge in [0.1, 0.15) is 12.7 Å². The maximum Gasteiger partial charge on any atom is 0.407 e. The Morgan fingerprint density at radius 3 is 1.81 bits per heavy atom. The molecule has 69 heavy (non-hydrogen) atoms. The van der Waals surface area contributed by atoms with Gasteiger partial charge in [0.05, 0.1) is 60.4 Å². The number of rotatable bonds is 26. The highest BCUT2D eigenvalue weighted by atomic mass is 32.2. The molecule has 1 heterocycles. The van der Waals surface area contributed by atoms with Crippen molar-refractivity contribution in [1.29, 1.82) is 0 Å². The third kappa shape index (κ3) is 14.5. The highest BCUT2D eigenvalue weighted by Crippen LogP contribution is 2.55. The van der Waals surface area contributed by atoms with E-state index in [0.717, 1.165) is 28.8 Å². The second kappa shape index (κ2) is 26.3. The number of carbonyl (C=O) groups is 5. The zero-order valence-electron chi connectivity index (χ0n) is 38.3. The van der Waals surface area contributed by atoms with Gasteiger partial charge in [-0.05, 0) is 68.7 Å². The third-order valence-electron chi connectivity index (χ3n) is 10.3. The van der Waals surface area contributed by atoms with Crippen molar-refractivity contribution in [3.8, 4) is 0 Å². The Labute approximate surface area is 402 Å². The fraction of sp³-hybridized carbons (Fsp3) is 0.362. The zero-order valence-corrected chi connectivity index (χ0v) is 40.0. The van der Waals surface area contributed by atoms with E-state index in [9.17, 15) is 39.4 Å². The average Bonchev–Trinajstić information content (AvgIpc) is 3.34. The molecule has 20 nitrogen and oxygen atoms in total. The number of likely N-dealkylation sites (tertiary alicyclic amines) is 1. The minimum atomic E-state index is -3.97. The number of hydrogen-bond donors (Lipinski definition) is 1. The number of carbonyl (C=O) groups excluding carboxylic acids is 5. The molecule has 0 spiro atoms. The molecular weight excluding hydrogens is 940 g/mol. The van der Waals surface area contributed by atoms with Crippen molar-refractivity contribution in [3.05, 3.63) is 152 Å². The zero-order chi connectivity index (χ0) is 49.9. The predicted octanol–water partition coefficient (Wildman–Crippen LogP) is 7.80. The highest BCUT2D eigenvalue weighted by molar-refractivity contribution is 8.13. The first-order valence-corrected chi connectivity index (χ1v) is 24.4. The minimum Gasteiger partial charge on any atom is -0.458 e. The number of amides is 2. The summed E-state index contributed by atoms with van der Waals surface area (Å²) < 4.78 is 41.4. The van der Waals surface area contributed by atoms with Crippen LogP contribution in [0.4, 0.5) is 16.2 Å². The van der Waals surface area contributed by atoms with Gasteiger partial charge in [-0.3, -0.25) is 34.7 Å². The van der Waals surface area contributed by atoms with Crippen LogP contribution in [0.3, 0.4) is 0 Å². The summed E-state index contributed by atoms with van der Waals surface area (Å²) in [5.74, 6) is -3.64. The topological polar surface area (TPSA) is 252 Å². The Bertz CT molecular complexity index is 2400. The van der Waals surface area contributed by atoms with E-state index < -0.39 is 70.6 Å². The summed E-state index contributed by atoms with van der Waals surface area (Å²) >= 11 is 0.893. The van der Waals surface area contributed by atoms with E-state index in [4.69, 9.17) is 32.5 Å². The second-order valence-electron chi connectivity index (χ2n) is 14.9. The average molecular weight is 993 g/mol. The smallest absolute Gasteiger partial charge is 0.407 e. The minimum absolute atomic E-state index is 0.0155. The molecule has 4 aromatic rings. The van der Waals surface area contributed by atoms with Gasteiger partial charge in [-0.2, -0.15) is 0 Å². The van der Waals surface area contributed by atoms with Crippen molar-refractivity contribution in [2.24, 2.45) is 5.92 Å². The standard InChI is InChI=1S/C47H53N4O16PS/c1-5-63-68(64-6-2,65-7-3)44(46(55)67-42(34-14-10-8-11-15-34)35-16-12-9-13-17-35)49-39(41(43(49)53)32(4)66-45(54)36-20-24-38(25-21-36)51(59)60)30-40(52)69-29-28-61-27-26-48-47(56)62-31-33-18-22-37(23-19-33)50(57)58/h8-25,32,39,41-42H,5-7,26-31H2,1-4H3,(H,48,56). The van der Waals surface area contributed by atoms with Crippen molar-refractivity contribution in [2.75, 3.05) is 45.3 Å². The summed E-state index contributed by atoms with van der Waals surface area (Å²) in [7, 11) is -3.97. The summed E-state index contributed by atoms with van der Waals surface area (Å²) in [6.07, 6.45) is -3.25. The van der Waals surface area contributed by atoms with Crippen LogP contribution < -0.4 is 5.32 Å². The van der Waals surface area contributed by atoms with Gasteiger partial charge >= 0.3 is 18.0 Å². The molecule has 3 atom stereocenters. The monoisotopic (exact) mass is 992 g/mol. The van der Waals surface area contributed by atoms with Crippen LogP contribution in [-0.2, 0) is 53.5 Å². The number of β-lactam (4-membered cyclic amide) rings is 1. The van der Waals surface area contributed by atoms with E-state index in [0.29, 0.717) is 16.7 Å². The number of non-ortho nitro benzene ring substituents is 2. The summed E-state index contributed by atoms with van der Waals surface area (Å²) in [5.41, 5.74) is 1.04. The van der Waals surface area contributed by atoms with Crippen LogP contribution in [0, 0.1) is 26.1 Å². The molecule has 1 aliphatic rings. The fourth-order valence-electron chi connectivity index (χ4n) is 7.17. The van der Waals surface area contributed by atoms with Crippen molar-refractivity contribution in [1.82, 2.24) is 10.2 Å². The van der Waals surface area contributed by atoms with Crippen LogP contribution in [-0.4, -0.2) is 107 Å². The SMILES string of the molecule is CCOP(OCC)(OCC)=C(C(=O)OC(c1ccccc1)c1ccccc1)N1C(=O)C(C(C)OC(=O)c2ccc([N+](=O)[O-])cc2)C1CC(=O)SCCOCCNC(=O)OCc1ccc([N+](=O)[O-])cc1. The summed E-state index contributed by atoms with van der Waals surface area (Å²) in [4.78, 5) is 91.2. The predicted molar refractivity (Wildman–Crippen MR) is 254 cm³/mol. The second-order valence-corrected chi connectivity index (χ2v) is 18.2. The first-order chi connectivity index (χ1) is 33.2. The van der Waals surface area contributed by atoms with Gasteiger partial charge in [-0.25, -0.2) is 14.4 Å². The van der Waals surface area contributed by atoms with Gasteiger partial charge in [-0.15, -0.1) is 0 Å². The quantitative estimate of drug-likeness (QED) is 0.0120. The number of hydrogen-bond acceptors (Lipinski definition) is 17. The number of esters is 2. The van der Waals surface area contributed by atoms with Crippen molar-refractivity contribution in [2.45, 2.75) is 59.0 Å². The first kappa shape index (κ1) is 53.5. The molecule has 22 heteroatoms. The van der Waals surface area contributed by atoms with Crippen molar-refractivity contribution in [3.63, 3.8) is 0 Å². The van der Waals surface area contributed by atoms with Gasteiger partial charge in [0.25, 0.3) is 18.9 Å². The van der Waals surface area contributed by atoms with Crippen LogP contribution in [0.2, 0.25) is 0 Å². The Hall–Kier alpha value is -6.48. The molecule has 1 fully saturated rings. The lowest BCUT2D eigenvalue weighted by molar-refractivity contribution is -0.385. The first-order valence-electron chi connectivity index (χ1n) is 21.9. The number of benzene rings is 4. The molecule has 4 aromatic carbocycles. The molecule has 1 saturated heterocycles. The Morgan fingerprint density at radius 2 is 1.29 bits per heavy atom. The van der Waals surface area contributed by atoms with E-state index in [1.165, 1.54) is 43.3 Å². The molecule has 0 radical (unpaired) electrons. The lowest BCUT2D eigenvalue weighted by Crippen LogP contribution is -2.68. The van der Waals surface area contributed by atoms with Gasteiger partial charge in [0.15, 0.2) is 11.2 Å². The van der Waals surface area contributed by atoms with Crippen LogP contribution in [0.15, 0.2) is 109 Å². The van der Waals surface area contributed by atoms with E-state index in [-0.39, 0.29) is 80.7 Å². The van der Waals surface area contributed by atoms with E-state index >= 15 is 4.79 Å². The van der Waals surface area contributed by atoms with Gasteiger partial charge in [0, 0.05) is 43.0 Å². The van der Waals surface area contributed by atoms with E-state index in [1.54, 1.807) is 69.3 Å². The Kier molecular flexibility index (Phi) is 20.4. The number of nitrogens with zero attached hydrogens (tertiary/aromatic N) is 3. The molecule has 0 aromatic heterocycles. The fourth-order valence-corrected chi connectivity index (χ4v) is 10.3. The third-order valence-corrected chi connectivity index (χ3v) is 13.8. The molecular formula is C47H53N4O16PS. The number of nitro benzene ring substituents is 2. The number of ether oxygens (including phenoxy) is 4. The normalized spacial score (nSPS) is 14.9. The Morgan fingerprint density at radius 1 is 0.754 bits per heavy atom. The molecule has 368 valence electrons. The van der Waals surface area contributed by atoms with Crippen LogP contribution >= 0.6 is 19.3 Å². The lowest BCUT2D eigenvalue weighted by Gasteiger charge is -2.50. The molecule has 1 aliphatic heterocycles. The van der Waals surface area contributed by atoms with Gasteiger partial charge in [0.2, 0.25) is 11.3 Å². The van der Waals surface area contributed by atoms with Crippen molar-refractivity contribution < 1.29 is 66.3 Å². The molecule has 0 saturated carbocycles. The maximum absolute atomic E-state index is 15.0. The van der Waals surface area contributed by atoms with Gasteiger partial charge < -0.3 is 37.8 Å². The molecule has 0 aliphatic carbocycles. The largest absolute Gasteiger partial charge is 0.458 e. The number of nitro groups is 2. The molecule has 5 rings (SSSR count). The summed E-state index contributed by atoms with van der Waals surface area (Å²) in [5, 5.41) is 24.2. The molecule has 0 bridgehead atoms. The summed E-state index contributed by atoms with van der Waals surface area (Å²) in [6.45, 7) is 6.53. The molecule has 3 unspecified atom stereocenters. The lowest BCUT2D eigenvalue weighted by atomic mass is 9.81. The van der Waals surface area contributed by atoms with Crippen LogP contribution in [0.5, 0.6) is 0 Å². The molecule has 2 amide bonds. The number of nitrogens with one attached hydrogen (secondary N) is 1. The maximum atomic E-state index is 15.0. The Balaban J connectivity index is 1.36.